The predicted molar refractivity (Wildman–Crippen MR) is 70.7 cm³/mol. The second kappa shape index (κ2) is 5.24. The summed E-state index contributed by atoms with van der Waals surface area (Å²) in [6.07, 6.45) is 5.45. The maximum Gasteiger partial charge on any atom is 0.0367 e. The second-order valence-electron chi connectivity index (χ2n) is 4.81. The molecule has 0 saturated heterocycles. The number of hydrogen-bond donors (Lipinski definition) is 1. The molecular weight excluding hydrogens is 196 g/mol. The molecule has 2 nitrogen and oxygen atoms in total. The van der Waals surface area contributed by atoms with E-state index in [9.17, 15) is 0 Å². The summed E-state index contributed by atoms with van der Waals surface area (Å²) >= 11 is 0. The maximum atomic E-state index is 5.71. The highest BCUT2D eigenvalue weighted by atomic mass is 15.1. The van der Waals surface area contributed by atoms with Gasteiger partial charge < -0.3 is 10.6 Å². The van der Waals surface area contributed by atoms with Crippen molar-refractivity contribution in [3.63, 3.8) is 0 Å². The van der Waals surface area contributed by atoms with Gasteiger partial charge in [-0.05, 0) is 43.0 Å². The van der Waals surface area contributed by atoms with E-state index in [0.29, 0.717) is 0 Å². The molecule has 0 aromatic heterocycles. The predicted octanol–water partition coefficient (Wildman–Crippen LogP) is 3.29. The van der Waals surface area contributed by atoms with Crippen molar-refractivity contribution in [2.24, 2.45) is 5.92 Å². The molecule has 0 amide bonds. The van der Waals surface area contributed by atoms with Crippen LogP contribution in [0.15, 0.2) is 24.3 Å². The van der Waals surface area contributed by atoms with Crippen LogP contribution in [-0.2, 0) is 0 Å². The van der Waals surface area contributed by atoms with Crippen LogP contribution in [-0.4, -0.2) is 13.1 Å². The van der Waals surface area contributed by atoms with Crippen LogP contribution in [0.5, 0.6) is 0 Å². The molecule has 0 unspecified atom stereocenters. The van der Waals surface area contributed by atoms with Gasteiger partial charge in [0.1, 0.15) is 0 Å². The number of benzene rings is 1. The summed E-state index contributed by atoms with van der Waals surface area (Å²) in [5.41, 5.74) is 7.88. The van der Waals surface area contributed by atoms with Gasteiger partial charge in [0.25, 0.3) is 0 Å². The molecule has 0 heterocycles. The molecule has 2 rings (SSSR count). The zero-order valence-corrected chi connectivity index (χ0v) is 10.2. The number of rotatable bonds is 6. The van der Waals surface area contributed by atoms with Gasteiger partial charge in [-0.25, -0.2) is 0 Å². The van der Waals surface area contributed by atoms with Gasteiger partial charge in [0.05, 0.1) is 0 Å². The molecule has 0 aliphatic heterocycles. The van der Waals surface area contributed by atoms with Crippen LogP contribution in [0.2, 0.25) is 0 Å². The fourth-order valence-electron chi connectivity index (χ4n) is 2.07. The topological polar surface area (TPSA) is 29.3 Å². The minimum Gasteiger partial charge on any atom is -0.399 e. The Hall–Kier alpha value is -1.18. The average molecular weight is 218 g/mol. The first-order valence-corrected chi connectivity index (χ1v) is 6.40. The molecule has 0 atom stereocenters. The van der Waals surface area contributed by atoms with Gasteiger partial charge in [0, 0.05) is 24.5 Å². The Labute approximate surface area is 98.4 Å². The van der Waals surface area contributed by atoms with E-state index in [1.807, 2.05) is 12.1 Å². The second-order valence-corrected chi connectivity index (χ2v) is 4.81. The molecule has 1 aliphatic carbocycles. The van der Waals surface area contributed by atoms with Crippen molar-refractivity contribution in [1.29, 1.82) is 0 Å². The third kappa shape index (κ3) is 3.16. The van der Waals surface area contributed by atoms with Gasteiger partial charge in [-0.3, -0.25) is 0 Å². The SMILES string of the molecule is CCCN(CCC1CC1)c1ccc(N)cc1. The smallest absolute Gasteiger partial charge is 0.0367 e. The quantitative estimate of drug-likeness (QED) is 0.742. The molecule has 16 heavy (non-hydrogen) atoms. The van der Waals surface area contributed by atoms with Crippen LogP contribution in [0.1, 0.15) is 32.6 Å². The lowest BCUT2D eigenvalue weighted by Gasteiger charge is -2.24. The van der Waals surface area contributed by atoms with E-state index in [4.69, 9.17) is 5.73 Å². The summed E-state index contributed by atoms with van der Waals surface area (Å²) in [6.45, 7) is 4.58. The largest absolute Gasteiger partial charge is 0.399 e. The van der Waals surface area contributed by atoms with Crippen molar-refractivity contribution in [1.82, 2.24) is 0 Å². The lowest BCUT2D eigenvalue weighted by atomic mass is 10.2. The normalized spacial score (nSPS) is 15.1. The van der Waals surface area contributed by atoms with E-state index >= 15 is 0 Å². The third-order valence-electron chi connectivity index (χ3n) is 3.26. The van der Waals surface area contributed by atoms with Crippen molar-refractivity contribution in [2.45, 2.75) is 32.6 Å². The van der Waals surface area contributed by atoms with E-state index < -0.39 is 0 Å². The number of nitrogens with zero attached hydrogens (tertiary/aromatic N) is 1. The van der Waals surface area contributed by atoms with Gasteiger partial charge >= 0.3 is 0 Å². The first-order chi connectivity index (χ1) is 7.79. The molecular formula is C14H22N2. The van der Waals surface area contributed by atoms with Crippen molar-refractivity contribution >= 4 is 11.4 Å². The highest BCUT2D eigenvalue weighted by molar-refractivity contribution is 5.53. The highest BCUT2D eigenvalue weighted by Gasteiger charge is 2.21. The first-order valence-electron chi connectivity index (χ1n) is 6.40. The molecule has 2 N–H and O–H groups in total. The molecule has 1 saturated carbocycles. The van der Waals surface area contributed by atoms with Crippen LogP contribution in [0.4, 0.5) is 11.4 Å². The molecule has 0 bridgehead atoms. The fraction of sp³-hybridized carbons (Fsp3) is 0.571. The Morgan fingerprint density at radius 3 is 2.44 bits per heavy atom. The number of nitrogen functional groups attached to an aromatic ring is 1. The molecule has 2 heteroatoms. The van der Waals surface area contributed by atoms with Crippen LogP contribution in [0.3, 0.4) is 0 Å². The molecule has 0 radical (unpaired) electrons. The molecule has 1 aromatic carbocycles. The van der Waals surface area contributed by atoms with Crippen molar-refractivity contribution in [2.75, 3.05) is 23.7 Å². The molecule has 0 spiro atoms. The van der Waals surface area contributed by atoms with Crippen molar-refractivity contribution in [3.05, 3.63) is 24.3 Å². The molecule has 1 fully saturated rings. The Kier molecular flexibility index (Phi) is 3.70. The van der Waals surface area contributed by atoms with Crippen molar-refractivity contribution in [3.8, 4) is 0 Å². The molecule has 1 aromatic rings. The Balaban J connectivity index is 1.95. The zero-order chi connectivity index (χ0) is 11.4. The van der Waals surface area contributed by atoms with Crippen molar-refractivity contribution < 1.29 is 0 Å². The van der Waals surface area contributed by atoms with Gasteiger partial charge in [0.2, 0.25) is 0 Å². The Bertz CT molecular complexity index is 314. The van der Waals surface area contributed by atoms with Crippen LogP contribution < -0.4 is 10.6 Å². The highest BCUT2D eigenvalue weighted by Crippen LogP contribution is 2.33. The minimum atomic E-state index is 0.849. The van der Waals surface area contributed by atoms with E-state index in [1.54, 1.807) is 0 Å². The van der Waals surface area contributed by atoms with Gasteiger partial charge in [0.15, 0.2) is 0 Å². The van der Waals surface area contributed by atoms with Gasteiger partial charge in [-0.1, -0.05) is 19.8 Å². The summed E-state index contributed by atoms with van der Waals surface area (Å²) in [7, 11) is 0. The van der Waals surface area contributed by atoms with Crippen LogP contribution >= 0.6 is 0 Å². The molecule has 88 valence electrons. The minimum absolute atomic E-state index is 0.849. The van der Waals surface area contributed by atoms with Crippen LogP contribution in [0, 0.1) is 5.92 Å². The lowest BCUT2D eigenvalue weighted by molar-refractivity contribution is 0.668. The number of anilines is 2. The zero-order valence-electron chi connectivity index (χ0n) is 10.2. The average Bonchev–Trinajstić information content (AvgIpc) is 3.09. The first kappa shape index (κ1) is 11.3. The summed E-state index contributed by atoms with van der Waals surface area (Å²) in [6, 6.07) is 8.26. The number of hydrogen-bond acceptors (Lipinski definition) is 2. The standard InChI is InChI=1S/C14H22N2/c1-2-10-16(11-9-12-3-4-12)14-7-5-13(15)6-8-14/h5-8,12H,2-4,9-11,15H2,1H3. The van der Waals surface area contributed by atoms with E-state index in [0.717, 1.165) is 18.2 Å². The lowest BCUT2D eigenvalue weighted by Crippen LogP contribution is -2.25. The fourth-order valence-corrected chi connectivity index (χ4v) is 2.07. The molecule has 1 aliphatic rings. The summed E-state index contributed by atoms with van der Waals surface area (Å²) in [5, 5.41) is 0. The van der Waals surface area contributed by atoms with Gasteiger partial charge in [-0.2, -0.15) is 0 Å². The third-order valence-corrected chi connectivity index (χ3v) is 3.26. The summed E-state index contributed by atoms with van der Waals surface area (Å²) < 4.78 is 0. The van der Waals surface area contributed by atoms with E-state index in [-0.39, 0.29) is 0 Å². The van der Waals surface area contributed by atoms with E-state index in [1.165, 1.54) is 37.9 Å². The Morgan fingerprint density at radius 1 is 1.19 bits per heavy atom. The van der Waals surface area contributed by atoms with E-state index in [2.05, 4.69) is 24.0 Å². The van der Waals surface area contributed by atoms with Gasteiger partial charge in [-0.15, -0.1) is 0 Å². The maximum absolute atomic E-state index is 5.71. The van der Waals surface area contributed by atoms with Crippen LogP contribution in [0.25, 0.3) is 0 Å². The Morgan fingerprint density at radius 2 is 1.88 bits per heavy atom. The summed E-state index contributed by atoms with van der Waals surface area (Å²) in [4.78, 5) is 2.48. The number of nitrogens with two attached hydrogens (primary N) is 1. The summed E-state index contributed by atoms with van der Waals surface area (Å²) in [5.74, 6) is 1.01. The monoisotopic (exact) mass is 218 g/mol.